The van der Waals surface area contributed by atoms with E-state index in [-0.39, 0.29) is 22.6 Å². The number of benzene rings is 1. The highest BCUT2D eigenvalue weighted by Gasteiger charge is 2.37. The lowest BCUT2D eigenvalue weighted by Gasteiger charge is -2.36. The molecule has 174 valence electrons. The first-order valence-corrected chi connectivity index (χ1v) is 13.3. The van der Waals surface area contributed by atoms with E-state index in [4.69, 9.17) is 0 Å². The smallest absolute Gasteiger partial charge is 0.262 e. The number of carbonyl (C=O) groups excluding carboxylic acids is 2. The van der Waals surface area contributed by atoms with Crippen LogP contribution in [0.15, 0.2) is 46.7 Å². The lowest BCUT2D eigenvalue weighted by molar-refractivity contribution is -0.134. The molecule has 1 aliphatic rings. The minimum atomic E-state index is -3.58. The minimum Gasteiger partial charge on any atom is -0.341 e. The topological polar surface area (TPSA) is 86.8 Å². The van der Waals surface area contributed by atoms with Crippen molar-refractivity contribution in [1.82, 2.24) is 14.5 Å². The van der Waals surface area contributed by atoms with Crippen LogP contribution in [0.1, 0.15) is 41.9 Å². The van der Waals surface area contributed by atoms with Crippen molar-refractivity contribution in [2.75, 3.05) is 26.2 Å². The van der Waals surface area contributed by atoms with Gasteiger partial charge in [-0.15, -0.1) is 11.3 Å². The van der Waals surface area contributed by atoms with E-state index in [1.165, 1.54) is 15.6 Å². The van der Waals surface area contributed by atoms with Crippen LogP contribution in [0.25, 0.3) is 0 Å². The molecule has 1 atom stereocenters. The van der Waals surface area contributed by atoms with Gasteiger partial charge in [-0.25, -0.2) is 8.42 Å². The lowest BCUT2D eigenvalue weighted by Crippen LogP contribution is -2.54. The number of rotatable bonds is 8. The molecule has 3 rings (SSSR count). The van der Waals surface area contributed by atoms with E-state index in [1.807, 2.05) is 26.2 Å². The fourth-order valence-electron chi connectivity index (χ4n) is 4.04. The van der Waals surface area contributed by atoms with Crippen molar-refractivity contribution >= 4 is 33.2 Å². The maximum Gasteiger partial charge on any atom is 0.262 e. The van der Waals surface area contributed by atoms with Gasteiger partial charge in [0, 0.05) is 26.2 Å². The minimum absolute atomic E-state index is 0.111. The van der Waals surface area contributed by atoms with Crippen LogP contribution in [0.2, 0.25) is 0 Å². The van der Waals surface area contributed by atoms with Crippen molar-refractivity contribution in [2.45, 2.75) is 44.6 Å². The predicted molar refractivity (Wildman–Crippen MR) is 126 cm³/mol. The zero-order valence-corrected chi connectivity index (χ0v) is 20.4. The molecule has 32 heavy (non-hydrogen) atoms. The predicted octanol–water partition coefficient (Wildman–Crippen LogP) is 3.12. The van der Waals surface area contributed by atoms with Crippen LogP contribution < -0.4 is 5.32 Å². The molecule has 1 unspecified atom stereocenters. The summed E-state index contributed by atoms with van der Waals surface area (Å²) in [5.41, 5.74) is 1.00. The second-order valence-corrected chi connectivity index (χ2v) is 10.9. The molecule has 0 spiro atoms. The third kappa shape index (κ3) is 5.39. The number of amides is 2. The Bertz CT molecular complexity index is 1010. The van der Waals surface area contributed by atoms with Gasteiger partial charge in [0.05, 0.1) is 9.77 Å². The van der Waals surface area contributed by atoms with E-state index >= 15 is 0 Å². The molecule has 1 fully saturated rings. The Hall–Kier alpha value is -2.23. The maximum absolute atomic E-state index is 13.2. The zero-order valence-electron chi connectivity index (χ0n) is 18.8. The van der Waals surface area contributed by atoms with Gasteiger partial charge in [0.2, 0.25) is 15.9 Å². The highest BCUT2D eigenvalue weighted by Crippen LogP contribution is 2.27. The Morgan fingerprint density at radius 1 is 1.12 bits per heavy atom. The summed E-state index contributed by atoms with van der Waals surface area (Å²) in [6.45, 7) is 7.49. The van der Waals surface area contributed by atoms with Crippen LogP contribution in [0, 0.1) is 12.8 Å². The van der Waals surface area contributed by atoms with Gasteiger partial charge in [-0.2, -0.15) is 4.31 Å². The third-order valence-electron chi connectivity index (χ3n) is 6.00. The molecule has 9 heteroatoms. The van der Waals surface area contributed by atoms with E-state index in [9.17, 15) is 18.0 Å². The Morgan fingerprint density at radius 2 is 1.75 bits per heavy atom. The van der Waals surface area contributed by atoms with E-state index < -0.39 is 16.1 Å². The summed E-state index contributed by atoms with van der Waals surface area (Å²) < 4.78 is 27.5. The number of carbonyl (C=O) groups is 2. The maximum atomic E-state index is 13.2. The Kier molecular flexibility index (Phi) is 8.08. The molecule has 1 saturated heterocycles. The molecule has 1 aromatic heterocycles. The van der Waals surface area contributed by atoms with Gasteiger partial charge < -0.3 is 10.2 Å². The first-order chi connectivity index (χ1) is 15.3. The van der Waals surface area contributed by atoms with Crippen molar-refractivity contribution < 1.29 is 18.0 Å². The zero-order chi connectivity index (χ0) is 23.3. The average molecular weight is 478 g/mol. The molecular formula is C23H31N3O4S2. The van der Waals surface area contributed by atoms with E-state index in [1.54, 1.807) is 41.3 Å². The summed E-state index contributed by atoms with van der Waals surface area (Å²) in [6.07, 6.45) is 1.01. The van der Waals surface area contributed by atoms with Gasteiger partial charge in [-0.05, 0) is 63.1 Å². The highest BCUT2D eigenvalue weighted by molar-refractivity contribution is 7.89. The van der Waals surface area contributed by atoms with E-state index in [0.717, 1.165) is 5.56 Å². The SMILES string of the molecule is CCN(CC)C(=O)C(NC(=O)c1cccs1)C1CCN(S(=O)(=O)c2ccc(C)cc2)CC1. The number of aryl methyl sites for hydroxylation is 1. The summed E-state index contributed by atoms with van der Waals surface area (Å²) in [6, 6.07) is 9.70. The fourth-order valence-corrected chi connectivity index (χ4v) is 6.14. The molecule has 2 amide bonds. The molecule has 0 aliphatic carbocycles. The summed E-state index contributed by atoms with van der Waals surface area (Å²) in [7, 11) is -3.58. The van der Waals surface area contributed by atoms with Crippen LogP contribution in [-0.2, 0) is 14.8 Å². The number of nitrogens with zero attached hydrogens (tertiary/aromatic N) is 2. The van der Waals surface area contributed by atoms with Crippen LogP contribution in [0.4, 0.5) is 0 Å². The van der Waals surface area contributed by atoms with Crippen molar-refractivity contribution in [2.24, 2.45) is 5.92 Å². The number of hydrogen-bond donors (Lipinski definition) is 1. The molecule has 0 radical (unpaired) electrons. The Morgan fingerprint density at radius 3 is 2.28 bits per heavy atom. The monoisotopic (exact) mass is 477 g/mol. The number of likely N-dealkylation sites (N-methyl/N-ethyl adjacent to an activating group) is 1. The molecule has 1 aliphatic heterocycles. The number of piperidine rings is 1. The molecule has 2 heterocycles. The number of sulfonamides is 1. The number of nitrogens with one attached hydrogen (secondary N) is 1. The van der Waals surface area contributed by atoms with E-state index in [2.05, 4.69) is 5.32 Å². The van der Waals surface area contributed by atoms with Gasteiger partial charge in [0.15, 0.2) is 0 Å². The van der Waals surface area contributed by atoms with Crippen molar-refractivity contribution in [3.8, 4) is 0 Å². The van der Waals surface area contributed by atoms with Crippen LogP contribution in [0.5, 0.6) is 0 Å². The van der Waals surface area contributed by atoms with Crippen molar-refractivity contribution in [3.05, 3.63) is 52.2 Å². The molecule has 1 aromatic carbocycles. The molecule has 0 bridgehead atoms. The normalized spacial score (nSPS) is 16.5. The Labute approximate surface area is 194 Å². The fraction of sp³-hybridized carbons (Fsp3) is 0.478. The standard InChI is InChI=1S/C23H31N3O4S2/c1-4-25(5-2)23(28)21(24-22(27)20-7-6-16-31-20)18-12-14-26(15-13-18)32(29,30)19-10-8-17(3)9-11-19/h6-11,16,18,21H,4-5,12-15H2,1-3H3,(H,24,27). The second kappa shape index (κ2) is 10.6. The van der Waals surface area contributed by atoms with Crippen LogP contribution in [-0.4, -0.2) is 61.7 Å². The first-order valence-electron chi connectivity index (χ1n) is 11.0. The first kappa shape index (κ1) is 24.4. The van der Waals surface area contributed by atoms with Crippen molar-refractivity contribution in [3.63, 3.8) is 0 Å². The van der Waals surface area contributed by atoms with Gasteiger partial charge >= 0.3 is 0 Å². The molecule has 1 N–H and O–H groups in total. The van der Waals surface area contributed by atoms with Crippen molar-refractivity contribution in [1.29, 1.82) is 0 Å². The average Bonchev–Trinajstić information content (AvgIpc) is 3.34. The van der Waals surface area contributed by atoms with Gasteiger partial charge in [0.1, 0.15) is 6.04 Å². The lowest BCUT2D eigenvalue weighted by atomic mass is 9.89. The van der Waals surface area contributed by atoms with Gasteiger partial charge in [-0.1, -0.05) is 23.8 Å². The molecular weight excluding hydrogens is 446 g/mol. The second-order valence-electron chi connectivity index (χ2n) is 7.99. The number of thiophene rings is 1. The van der Waals surface area contributed by atoms with Crippen LogP contribution >= 0.6 is 11.3 Å². The van der Waals surface area contributed by atoms with Gasteiger partial charge in [-0.3, -0.25) is 9.59 Å². The third-order valence-corrected chi connectivity index (χ3v) is 8.78. The van der Waals surface area contributed by atoms with Gasteiger partial charge in [0.25, 0.3) is 5.91 Å². The van der Waals surface area contributed by atoms with E-state index in [0.29, 0.717) is 43.9 Å². The summed E-state index contributed by atoms with van der Waals surface area (Å²) >= 11 is 1.33. The van der Waals surface area contributed by atoms with Crippen LogP contribution in [0.3, 0.4) is 0 Å². The molecule has 7 nitrogen and oxygen atoms in total. The largest absolute Gasteiger partial charge is 0.341 e. The summed E-state index contributed by atoms with van der Waals surface area (Å²) in [5.74, 6) is -0.503. The highest BCUT2D eigenvalue weighted by atomic mass is 32.2. The molecule has 0 saturated carbocycles. The molecule has 2 aromatic rings. The quantitative estimate of drug-likeness (QED) is 0.633. The summed E-state index contributed by atoms with van der Waals surface area (Å²) in [4.78, 5) is 28.5. The number of hydrogen-bond acceptors (Lipinski definition) is 5. The summed E-state index contributed by atoms with van der Waals surface area (Å²) in [5, 5.41) is 4.77. The Balaban J connectivity index is 1.74.